The van der Waals surface area contributed by atoms with Gasteiger partial charge in [-0.25, -0.2) is 5.48 Å². The van der Waals surface area contributed by atoms with Crippen molar-refractivity contribution in [1.29, 1.82) is 5.26 Å². The quantitative estimate of drug-likeness (QED) is 0.346. The minimum absolute atomic E-state index is 0.440. The Hall–Kier alpha value is -1.08. The van der Waals surface area contributed by atoms with Crippen LogP contribution in [0.3, 0.4) is 0 Å². The summed E-state index contributed by atoms with van der Waals surface area (Å²) in [5.41, 5.74) is 1.39. The number of carbonyl (C=O) groups is 1. The predicted molar refractivity (Wildman–Crippen MR) is 26.9 cm³/mol. The van der Waals surface area contributed by atoms with Gasteiger partial charge in [0.1, 0.15) is 0 Å². The molecule has 0 aliphatic rings. The molecule has 0 bridgehead atoms. The molecule has 0 saturated carbocycles. The summed E-state index contributed by atoms with van der Waals surface area (Å²) in [6.07, 6.45) is 0. The van der Waals surface area contributed by atoms with E-state index in [0.29, 0.717) is 0 Å². The summed E-state index contributed by atoms with van der Waals surface area (Å²) in [7, 11) is 0. The van der Waals surface area contributed by atoms with Crippen LogP contribution in [0.4, 0.5) is 0 Å². The van der Waals surface area contributed by atoms with Crippen molar-refractivity contribution in [2.75, 3.05) is 0 Å². The van der Waals surface area contributed by atoms with Crippen LogP contribution in [0.1, 0.15) is 13.8 Å². The van der Waals surface area contributed by atoms with E-state index >= 15 is 0 Å². The van der Waals surface area contributed by atoms with Crippen LogP contribution in [0, 0.1) is 11.3 Å². The Labute approximate surface area is 47.7 Å². The molecule has 0 aromatic heterocycles. The Morgan fingerprint density at radius 1 is 1.88 bits per heavy atom. The van der Waals surface area contributed by atoms with Crippen LogP contribution in [-0.2, 0) is 4.79 Å². The maximum absolute atomic E-state index is 9.45. The minimum Gasteiger partial charge on any atom is -0.289 e. The van der Waals surface area contributed by atoms with Crippen LogP contribution in [0.2, 0.25) is 0 Å². The summed E-state index contributed by atoms with van der Waals surface area (Å²) < 4.78 is 0. The maximum atomic E-state index is 9.45. The van der Waals surface area contributed by atoms with Crippen molar-refractivity contribution in [3.8, 4) is 6.07 Å². The van der Waals surface area contributed by atoms with Crippen LogP contribution >= 0.6 is 0 Å². The summed E-state index contributed by atoms with van der Waals surface area (Å²) in [6, 6.07) is 1.75. The number of rotatable bonds is 0. The first-order valence-electron chi connectivity index (χ1n) is 1.90. The number of nitrogens with zero attached hydrogens (tertiary/aromatic N) is 1. The average molecular weight is 116 g/mol. The Morgan fingerprint density at radius 2 is 2.00 bits per heavy atom. The lowest BCUT2D eigenvalue weighted by Crippen LogP contribution is -2.12. The van der Waals surface area contributed by atoms with Gasteiger partial charge in [-0.15, -0.1) is 0 Å². The van der Waals surface area contributed by atoms with Crippen LogP contribution in [0.25, 0.3) is 0 Å². The number of amides is 1. The molecule has 0 aromatic carbocycles. The van der Waals surface area contributed by atoms with Crippen LogP contribution in [0.15, 0.2) is 0 Å². The fourth-order valence-corrected chi connectivity index (χ4v) is 0. The van der Waals surface area contributed by atoms with Gasteiger partial charge in [0.15, 0.2) is 0 Å². The van der Waals surface area contributed by atoms with Crippen molar-refractivity contribution < 1.29 is 10.0 Å². The number of carbonyl (C=O) groups excluding carboxylic acids is 1. The van der Waals surface area contributed by atoms with Gasteiger partial charge in [0.05, 0.1) is 6.07 Å². The van der Waals surface area contributed by atoms with E-state index in [2.05, 4.69) is 0 Å². The molecule has 0 unspecified atom stereocenters. The van der Waals surface area contributed by atoms with E-state index in [-0.39, 0.29) is 0 Å². The molecule has 0 saturated heterocycles. The molecule has 0 aliphatic heterocycles. The SMILES string of the molecule is CC#N.CC(=O)NO. The van der Waals surface area contributed by atoms with Gasteiger partial charge < -0.3 is 0 Å². The van der Waals surface area contributed by atoms with E-state index < -0.39 is 5.91 Å². The third kappa shape index (κ3) is 89.3. The summed E-state index contributed by atoms with van der Waals surface area (Å²) in [5, 5.41) is 14.9. The number of hydroxylamine groups is 1. The Kier molecular flexibility index (Phi) is 11.7. The molecule has 0 heterocycles. The fourth-order valence-electron chi connectivity index (χ4n) is 0. The van der Waals surface area contributed by atoms with Gasteiger partial charge >= 0.3 is 0 Å². The molecule has 0 spiro atoms. The molecule has 46 valence electrons. The zero-order valence-electron chi connectivity index (χ0n) is 4.80. The van der Waals surface area contributed by atoms with E-state index in [4.69, 9.17) is 10.5 Å². The molecule has 0 aliphatic carbocycles. The molecule has 0 radical (unpaired) electrons. The van der Waals surface area contributed by atoms with Crippen molar-refractivity contribution >= 4 is 5.91 Å². The average Bonchev–Trinajstić information content (AvgIpc) is 1.69. The van der Waals surface area contributed by atoms with E-state index in [1.807, 2.05) is 0 Å². The standard InChI is InChI=1S/C2H5NO2.C2H3N/c1-2(4)3-5;1-2-3/h5H,1H3,(H,3,4);1H3. The van der Waals surface area contributed by atoms with Gasteiger partial charge in [0, 0.05) is 13.8 Å². The Balaban J connectivity index is 0. The van der Waals surface area contributed by atoms with Crippen molar-refractivity contribution in [3.63, 3.8) is 0 Å². The largest absolute Gasteiger partial charge is 0.289 e. The lowest BCUT2D eigenvalue weighted by molar-refractivity contribution is -0.126. The normalized spacial score (nSPS) is 5.25. The van der Waals surface area contributed by atoms with Gasteiger partial charge in [-0.1, -0.05) is 0 Å². The van der Waals surface area contributed by atoms with Gasteiger partial charge in [0.25, 0.3) is 0 Å². The minimum atomic E-state index is -0.440. The van der Waals surface area contributed by atoms with E-state index in [9.17, 15) is 4.79 Å². The number of hydrogen-bond donors (Lipinski definition) is 2. The van der Waals surface area contributed by atoms with E-state index in [1.165, 1.54) is 19.3 Å². The van der Waals surface area contributed by atoms with Gasteiger partial charge in [-0.3, -0.25) is 10.0 Å². The summed E-state index contributed by atoms with van der Waals surface area (Å²) >= 11 is 0. The summed E-state index contributed by atoms with van der Waals surface area (Å²) in [4.78, 5) is 9.45. The lowest BCUT2D eigenvalue weighted by Gasteiger charge is -1.78. The Morgan fingerprint density at radius 3 is 2.00 bits per heavy atom. The zero-order chi connectivity index (χ0) is 6.99. The topological polar surface area (TPSA) is 73.1 Å². The maximum Gasteiger partial charge on any atom is 0.240 e. The molecular weight excluding hydrogens is 108 g/mol. The second-order valence-corrected chi connectivity index (χ2v) is 0.892. The second-order valence-electron chi connectivity index (χ2n) is 0.892. The van der Waals surface area contributed by atoms with Crippen LogP contribution < -0.4 is 5.48 Å². The first-order chi connectivity index (χ1) is 3.68. The number of nitriles is 1. The molecule has 4 heteroatoms. The molecular formula is C4H8N2O2. The number of nitrogens with one attached hydrogen (secondary N) is 1. The fraction of sp³-hybridized carbons (Fsp3) is 0.500. The highest BCUT2D eigenvalue weighted by Gasteiger charge is 1.74. The molecule has 1 amide bonds. The van der Waals surface area contributed by atoms with Gasteiger partial charge in [-0.05, 0) is 0 Å². The predicted octanol–water partition coefficient (Wildman–Crippen LogP) is 0.0416. The van der Waals surface area contributed by atoms with Crippen molar-refractivity contribution in [2.45, 2.75) is 13.8 Å². The lowest BCUT2D eigenvalue weighted by atomic mass is 10.8. The summed E-state index contributed by atoms with van der Waals surface area (Å²) in [5.74, 6) is -0.440. The van der Waals surface area contributed by atoms with Crippen LogP contribution in [0.5, 0.6) is 0 Å². The first kappa shape index (κ1) is 10.0. The van der Waals surface area contributed by atoms with Gasteiger partial charge in [0.2, 0.25) is 5.91 Å². The third-order valence-corrected chi connectivity index (χ3v) is 0.157. The van der Waals surface area contributed by atoms with Crippen LogP contribution in [-0.4, -0.2) is 11.1 Å². The third-order valence-electron chi connectivity index (χ3n) is 0.157. The van der Waals surface area contributed by atoms with Crippen molar-refractivity contribution in [1.82, 2.24) is 5.48 Å². The smallest absolute Gasteiger partial charge is 0.240 e. The Bertz CT molecular complexity index is 94.7. The molecule has 0 aromatic rings. The molecule has 0 fully saturated rings. The molecule has 8 heavy (non-hydrogen) atoms. The highest BCUT2D eigenvalue weighted by atomic mass is 16.5. The van der Waals surface area contributed by atoms with Crippen molar-refractivity contribution in [2.24, 2.45) is 0 Å². The zero-order valence-corrected chi connectivity index (χ0v) is 4.80. The van der Waals surface area contributed by atoms with Crippen molar-refractivity contribution in [3.05, 3.63) is 0 Å². The molecule has 4 nitrogen and oxygen atoms in total. The number of hydrogen-bond acceptors (Lipinski definition) is 3. The highest BCUT2D eigenvalue weighted by molar-refractivity contribution is 5.71. The second kappa shape index (κ2) is 9.33. The summed E-state index contributed by atoms with van der Waals surface area (Å²) in [6.45, 7) is 2.65. The first-order valence-corrected chi connectivity index (χ1v) is 1.90. The molecule has 0 atom stereocenters. The van der Waals surface area contributed by atoms with Gasteiger partial charge in [-0.2, -0.15) is 5.26 Å². The highest BCUT2D eigenvalue weighted by Crippen LogP contribution is 1.44. The molecule has 2 N–H and O–H groups in total. The molecule has 0 rings (SSSR count). The van der Waals surface area contributed by atoms with E-state index in [0.717, 1.165) is 0 Å². The van der Waals surface area contributed by atoms with E-state index in [1.54, 1.807) is 6.07 Å². The monoisotopic (exact) mass is 116 g/mol.